The number of rotatable bonds is 2. The molecular weight excluding hydrogens is 287 g/mol. The molecule has 1 heterocycles. The van der Waals surface area contributed by atoms with Crippen LogP contribution in [0.4, 0.5) is 0 Å². The molecule has 0 N–H and O–H groups in total. The molecule has 0 unspecified atom stereocenters. The smallest absolute Gasteiger partial charge is 0.0979 e. The number of benzene rings is 1. The standard InChI is InChI=1S/C13H14Cl2N2S/c1-7-5-9(11(15)6-10(7)14)12-8(2)13(18-4)17(3)16-12/h5-6H,1-4H3. The first kappa shape index (κ1) is 13.8. The van der Waals surface area contributed by atoms with Crippen LogP contribution < -0.4 is 0 Å². The minimum absolute atomic E-state index is 0.638. The molecule has 2 aromatic rings. The minimum atomic E-state index is 0.638. The molecule has 0 atom stereocenters. The molecule has 0 aliphatic rings. The fourth-order valence-electron chi connectivity index (χ4n) is 1.99. The number of thioether (sulfide) groups is 1. The number of aryl methyl sites for hydroxylation is 2. The van der Waals surface area contributed by atoms with Crippen molar-refractivity contribution >= 4 is 35.0 Å². The lowest BCUT2D eigenvalue weighted by atomic mass is 10.1. The van der Waals surface area contributed by atoms with Gasteiger partial charge in [-0.15, -0.1) is 11.8 Å². The Bertz CT molecular complexity index is 606. The van der Waals surface area contributed by atoms with Crippen LogP contribution in [0.1, 0.15) is 11.1 Å². The van der Waals surface area contributed by atoms with E-state index in [9.17, 15) is 0 Å². The summed E-state index contributed by atoms with van der Waals surface area (Å²) in [5.41, 5.74) is 4.01. The maximum Gasteiger partial charge on any atom is 0.0979 e. The van der Waals surface area contributed by atoms with Gasteiger partial charge in [-0.3, -0.25) is 4.68 Å². The molecule has 0 aliphatic carbocycles. The molecule has 2 nitrogen and oxygen atoms in total. The normalized spacial score (nSPS) is 11.0. The maximum atomic E-state index is 6.27. The van der Waals surface area contributed by atoms with E-state index in [-0.39, 0.29) is 0 Å². The van der Waals surface area contributed by atoms with Crippen LogP contribution in [0.5, 0.6) is 0 Å². The summed E-state index contributed by atoms with van der Waals surface area (Å²) < 4.78 is 1.88. The molecular formula is C13H14Cl2N2S. The summed E-state index contributed by atoms with van der Waals surface area (Å²) >= 11 is 14.0. The van der Waals surface area contributed by atoms with Gasteiger partial charge in [-0.25, -0.2) is 0 Å². The quantitative estimate of drug-likeness (QED) is 0.746. The van der Waals surface area contributed by atoms with Crippen molar-refractivity contribution in [3.05, 3.63) is 33.3 Å². The van der Waals surface area contributed by atoms with E-state index in [1.807, 2.05) is 31.0 Å². The Morgan fingerprint density at radius 2 is 1.83 bits per heavy atom. The molecule has 0 aliphatic heterocycles. The number of halogens is 2. The van der Waals surface area contributed by atoms with Crippen molar-refractivity contribution in [2.24, 2.45) is 7.05 Å². The van der Waals surface area contributed by atoms with Gasteiger partial charge in [-0.2, -0.15) is 5.10 Å². The summed E-state index contributed by atoms with van der Waals surface area (Å²) in [7, 11) is 1.94. The Morgan fingerprint density at radius 3 is 2.39 bits per heavy atom. The van der Waals surface area contributed by atoms with Crippen LogP contribution in [0.3, 0.4) is 0 Å². The summed E-state index contributed by atoms with van der Waals surface area (Å²) in [6.07, 6.45) is 2.04. The lowest BCUT2D eigenvalue weighted by Crippen LogP contribution is -1.92. The van der Waals surface area contributed by atoms with E-state index in [0.29, 0.717) is 10.0 Å². The summed E-state index contributed by atoms with van der Waals surface area (Å²) in [6, 6.07) is 3.77. The topological polar surface area (TPSA) is 17.8 Å². The van der Waals surface area contributed by atoms with E-state index < -0.39 is 0 Å². The number of hydrogen-bond acceptors (Lipinski definition) is 2. The van der Waals surface area contributed by atoms with Crippen LogP contribution in [-0.4, -0.2) is 16.0 Å². The third-order valence-electron chi connectivity index (χ3n) is 2.92. The average molecular weight is 301 g/mol. The van der Waals surface area contributed by atoms with E-state index in [2.05, 4.69) is 12.0 Å². The van der Waals surface area contributed by atoms with Crippen LogP contribution in [0.25, 0.3) is 11.3 Å². The zero-order chi connectivity index (χ0) is 13.4. The Morgan fingerprint density at radius 1 is 1.17 bits per heavy atom. The van der Waals surface area contributed by atoms with Crippen molar-refractivity contribution in [1.82, 2.24) is 9.78 Å². The number of hydrogen-bond donors (Lipinski definition) is 0. The summed E-state index contributed by atoms with van der Waals surface area (Å²) in [6.45, 7) is 4.03. The third kappa shape index (κ3) is 2.27. The van der Waals surface area contributed by atoms with Gasteiger partial charge in [0.2, 0.25) is 0 Å². The highest BCUT2D eigenvalue weighted by molar-refractivity contribution is 7.98. The molecule has 2 rings (SSSR count). The number of nitrogens with zero attached hydrogens (tertiary/aromatic N) is 2. The molecule has 18 heavy (non-hydrogen) atoms. The lowest BCUT2D eigenvalue weighted by Gasteiger charge is -2.06. The first-order valence-corrected chi connectivity index (χ1v) is 7.47. The van der Waals surface area contributed by atoms with Crippen molar-refractivity contribution in [2.75, 3.05) is 6.26 Å². The van der Waals surface area contributed by atoms with Crippen molar-refractivity contribution in [1.29, 1.82) is 0 Å². The van der Waals surface area contributed by atoms with Gasteiger partial charge in [-0.1, -0.05) is 23.2 Å². The summed E-state index contributed by atoms with van der Waals surface area (Å²) in [4.78, 5) is 0. The molecule has 0 spiro atoms. The van der Waals surface area contributed by atoms with Crippen LogP contribution in [0, 0.1) is 13.8 Å². The van der Waals surface area contributed by atoms with Gasteiger partial charge < -0.3 is 0 Å². The first-order valence-electron chi connectivity index (χ1n) is 5.49. The van der Waals surface area contributed by atoms with E-state index >= 15 is 0 Å². The Hall–Kier alpha value is -0.640. The van der Waals surface area contributed by atoms with E-state index in [1.54, 1.807) is 17.8 Å². The van der Waals surface area contributed by atoms with Crippen LogP contribution in [-0.2, 0) is 7.05 Å². The maximum absolute atomic E-state index is 6.27. The molecule has 1 aromatic heterocycles. The predicted octanol–water partition coefficient (Wildman–Crippen LogP) is 4.73. The third-order valence-corrected chi connectivity index (χ3v) is 4.59. The van der Waals surface area contributed by atoms with E-state index in [0.717, 1.165) is 27.4 Å². The fourth-order valence-corrected chi connectivity index (χ4v) is 3.17. The summed E-state index contributed by atoms with van der Waals surface area (Å²) in [5, 5.41) is 7.02. The van der Waals surface area contributed by atoms with Gasteiger partial charge in [-0.05, 0) is 37.8 Å². The molecule has 1 aromatic carbocycles. The van der Waals surface area contributed by atoms with Crippen LogP contribution in [0.15, 0.2) is 17.2 Å². The highest BCUT2D eigenvalue weighted by Crippen LogP contribution is 2.36. The van der Waals surface area contributed by atoms with Crippen molar-refractivity contribution in [2.45, 2.75) is 18.9 Å². The van der Waals surface area contributed by atoms with Gasteiger partial charge in [0, 0.05) is 23.2 Å². The molecule has 0 bridgehead atoms. The van der Waals surface area contributed by atoms with Crippen molar-refractivity contribution in [3.63, 3.8) is 0 Å². The van der Waals surface area contributed by atoms with Gasteiger partial charge in [0.1, 0.15) is 0 Å². The van der Waals surface area contributed by atoms with Crippen LogP contribution >= 0.6 is 35.0 Å². The molecule has 0 amide bonds. The molecule has 0 radical (unpaired) electrons. The SMILES string of the molecule is CSc1c(C)c(-c2cc(C)c(Cl)cc2Cl)nn1C. The van der Waals surface area contributed by atoms with E-state index in [1.165, 1.54) is 0 Å². The van der Waals surface area contributed by atoms with Gasteiger partial charge in [0.25, 0.3) is 0 Å². The van der Waals surface area contributed by atoms with Gasteiger partial charge >= 0.3 is 0 Å². The highest BCUT2D eigenvalue weighted by Gasteiger charge is 2.16. The van der Waals surface area contributed by atoms with Crippen molar-refractivity contribution < 1.29 is 0 Å². The predicted molar refractivity (Wildman–Crippen MR) is 79.9 cm³/mol. The van der Waals surface area contributed by atoms with Gasteiger partial charge in [0.05, 0.1) is 15.7 Å². The summed E-state index contributed by atoms with van der Waals surface area (Å²) in [5.74, 6) is 0. The Labute approximate surface area is 121 Å². The minimum Gasteiger partial charge on any atom is -0.261 e. The highest BCUT2D eigenvalue weighted by atomic mass is 35.5. The lowest BCUT2D eigenvalue weighted by molar-refractivity contribution is 0.699. The second kappa shape index (κ2) is 5.16. The average Bonchev–Trinajstić information content (AvgIpc) is 2.59. The molecule has 96 valence electrons. The Balaban J connectivity index is 2.66. The first-order chi connectivity index (χ1) is 8.45. The second-order valence-electron chi connectivity index (χ2n) is 4.19. The van der Waals surface area contributed by atoms with Crippen LogP contribution in [0.2, 0.25) is 10.0 Å². The zero-order valence-electron chi connectivity index (χ0n) is 10.7. The molecule has 0 saturated heterocycles. The van der Waals surface area contributed by atoms with Gasteiger partial charge in [0.15, 0.2) is 0 Å². The molecule has 0 fully saturated rings. The Kier molecular flexibility index (Phi) is 3.95. The molecule has 0 saturated carbocycles. The number of aromatic nitrogens is 2. The van der Waals surface area contributed by atoms with E-state index in [4.69, 9.17) is 23.2 Å². The largest absolute Gasteiger partial charge is 0.261 e. The zero-order valence-corrected chi connectivity index (χ0v) is 13.0. The van der Waals surface area contributed by atoms with Crippen molar-refractivity contribution in [3.8, 4) is 11.3 Å². The molecule has 5 heteroatoms. The second-order valence-corrected chi connectivity index (χ2v) is 5.80. The fraction of sp³-hybridized carbons (Fsp3) is 0.308. The monoisotopic (exact) mass is 300 g/mol.